The molecule has 2 aromatic heterocycles. The lowest BCUT2D eigenvalue weighted by Crippen LogP contribution is -2.28. The van der Waals surface area contributed by atoms with E-state index in [0.717, 1.165) is 5.56 Å². The Kier molecular flexibility index (Phi) is 4.72. The van der Waals surface area contributed by atoms with Crippen molar-refractivity contribution in [3.63, 3.8) is 0 Å². The van der Waals surface area contributed by atoms with Crippen molar-refractivity contribution in [2.75, 3.05) is 7.11 Å². The van der Waals surface area contributed by atoms with E-state index >= 15 is 0 Å². The molecule has 0 bridgehead atoms. The fourth-order valence-electron chi connectivity index (χ4n) is 2.35. The summed E-state index contributed by atoms with van der Waals surface area (Å²) in [7, 11) is -4.27. The van der Waals surface area contributed by atoms with E-state index in [9.17, 15) is 21.6 Å². The first-order valence-electron chi connectivity index (χ1n) is 7.57. The minimum absolute atomic E-state index is 0.138. The van der Waals surface area contributed by atoms with Crippen LogP contribution in [0.4, 0.5) is 13.2 Å². The first-order chi connectivity index (χ1) is 12.6. The zero-order valence-corrected chi connectivity index (χ0v) is 15.0. The van der Waals surface area contributed by atoms with Gasteiger partial charge in [-0.15, -0.1) is 0 Å². The number of aromatic nitrogens is 3. The number of aryl methyl sites for hydroxylation is 1. The average Bonchev–Trinajstić information content (AvgIpc) is 2.96. The van der Waals surface area contributed by atoms with Crippen LogP contribution in [0.2, 0.25) is 0 Å². The molecule has 2 heterocycles. The Balaban J connectivity index is 1.96. The number of pyridine rings is 1. The van der Waals surface area contributed by atoms with Gasteiger partial charge in [-0.05, 0) is 30.7 Å². The molecule has 0 atom stereocenters. The minimum atomic E-state index is -5.81. The molecule has 0 aliphatic heterocycles. The van der Waals surface area contributed by atoms with E-state index in [-0.39, 0.29) is 17.8 Å². The van der Waals surface area contributed by atoms with Crippen LogP contribution in [0.15, 0.2) is 36.5 Å². The van der Waals surface area contributed by atoms with Crippen LogP contribution in [0.3, 0.4) is 0 Å². The van der Waals surface area contributed by atoms with E-state index in [2.05, 4.69) is 14.3 Å². The molecule has 0 unspecified atom stereocenters. The molecule has 0 amide bonds. The smallest absolute Gasteiger partial charge is 0.497 e. The van der Waals surface area contributed by atoms with Crippen LogP contribution < -0.4 is 8.92 Å². The third kappa shape index (κ3) is 3.82. The summed E-state index contributed by atoms with van der Waals surface area (Å²) >= 11 is 0. The third-order valence-electron chi connectivity index (χ3n) is 3.72. The second kappa shape index (κ2) is 6.72. The van der Waals surface area contributed by atoms with Crippen molar-refractivity contribution < 1.29 is 30.5 Å². The number of nitrogens with zero attached hydrogens (tertiary/aromatic N) is 3. The Morgan fingerprint density at radius 2 is 1.85 bits per heavy atom. The van der Waals surface area contributed by atoms with E-state index < -0.39 is 21.5 Å². The molecule has 0 aliphatic carbocycles. The van der Waals surface area contributed by atoms with Gasteiger partial charge in [0, 0.05) is 10.9 Å². The lowest BCUT2D eigenvalue weighted by Gasteiger charge is -2.11. The van der Waals surface area contributed by atoms with E-state index in [1.165, 1.54) is 23.9 Å². The highest BCUT2D eigenvalue weighted by Gasteiger charge is 2.49. The Bertz CT molecular complexity index is 1080. The SMILES string of the molecule is COc1ccc(Cn2ncc3cc(C)c(OS(=O)(=O)C(F)(F)F)nc32)cc1. The number of methoxy groups -OCH3 is 1. The van der Waals surface area contributed by atoms with Gasteiger partial charge in [0.05, 0.1) is 19.9 Å². The van der Waals surface area contributed by atoms with Crippen molar-refractivity contribution in [3.8, 4) is 11.6 Å². The Labute approximate surface area is 152 Å². The maximum atomic E-state index is 12.6. The molecule has 7 nitrogen and oxygen atoms in total. The highest BCUT2D eigenvalue weighted by atomic mass is 32.2. The minimum Gasteiger partial charge on any atom is -0.497 e. The Morgan fingerprint density at radius 1 is 1.19 bits per heavy atom. The first-order valence-corrected chi connectivity index (χ1v) is 8.98. The molecule has 0 saturated heterocycles. The summed E-state index contributed by atoms with van der Waals surface area (Å²) < 4.78 is 70.9. The van der Waals surface area contributed by atoms with Gasteiger partial charge in [-0.2, -0.15) is 31.7 Å². The highest BCUT2D eigenvalue weighted by molar-refractivity contribution is 7.87. The Hall–Kier alpha value is -2.82. The predicted octanol–water partition coefficient (Wildman–Crippen LogP) is 3.03. The summed E-state index contributed by atoms with van der Waals surface area (Å²) in [5, 5.41) is 4.70. The van der Waals surface area contributed by atoms with Crippen molar-refractivity contribution in [1.29, 1.82) is 0 Å². The molecule has 0 aliphatic rings. The van der Waals surface area contributed by atoms with Gasteiger partial charge < -0.3 is 8.92 Å². The predicted molar refractivity (Wildman–Crippen MR) is 90.0 cm³/mol. The van der Waals surface area contributed by atoms with Crippen LogP contribution in [0.5, 0.6) is 11.6 Å². The number of benzene rings is 1. The lowest BCUT2D eigenvalue weighted by molar-refractivity contribution is -0.0501. The fraction of sp³-hybridized carbons (Fsp3) is 0.250. The summed E-state index contributed by atoms with van der Waals surface area (Å²) in [6.07, 6.45) is 1.49. The molecule has 0 spiro atoms. The maximum absolute atomic E-state index is 12.6. The summed E-state index contributed by atoms with van der Waals surface area (Å²) in [6, 6.07) is 8.56. The number of hydrogen-bond donors (Lipinski definition) is 0. The number of rotatable bonds is 5. The van der Waals surface area contributed by atoms with Gasteiger partial charge in [0.15, 0.2) is 5.65 Å². The first kappa shape index (κ1) is 19.0. The normalized spacial score (nSPS) is 12.3. The number of halogens is 3. The second-order valence-corrected chi connectivity index (χ2v) is 7.19. The topological polar surface area (TPSA) is 83.3 Å². The molecule has 0 N–H and O–H groups in total. The largest absolute Gasteiger partial charge is 0.534 e. The molecule has 3 aromatic rings. The van der Waals surface area contributed by atoms with Gasteiger partial charge in [0.2, 0.25) is 5.88 Å². The molecule has 0 fully saturated rings. The quantitative estimate of drug-likeness (QED) is 0.483. The molecule has 0 radical (unpaired) electrons. The van der Waals surface area contributed by atoms with Gasteiger partial charge in [0.25, 0.3) is 0 Å². The van der Waals surface area contributed by atoms with Gasteiger partial charge in [-0.25, -0.2) is 4.68 Å². The van der Waals surface area contributed by atoms with Gasteiger partial charge in [0.1, 0.15) is 5.75 Å². The van der Waals surface area contributed by atoms with Crippen molar-refractivity contribution >= 4 is 21.2 Å². The fourth-order valence-corrected chi connectivity index (χ4v) is 2.82. The molecule has 3 rings (SSSR count). The maximum Gasteiger partial charge on any atom is 0.534 e. The van der Waals surface area contributed by atoms with Crippen molar-refractivity contribution in [3.05, 3.63) is 47.7 Å². The zero-order valence-electron chi connectivity index (χ0n) is 14.2. The summed E-state index contributed by atoms with van der Waals surface area (Å²) in [6.45, 7) is 1.67. The van der Waals surface area contributed by atoms with Crippen LogP contribution in [0, 0.1) is 6.92 Å². The highest BCUT2D eigenvalue weighted by Crippen LogP contribution is 2.29. The van der Waals surface area contributed by atoms with Crippen molar-refractivity contribution in [2.45, 2.75) is 19.0 Å². The number of fused-ring (bicyclic) bond motifs is 1. The van der Waals surface area contributed by atoms with Gasteiger partial charge >= 0.3 is 15.6 Å². The van der Waals surface area contributed by atoms with E-state index in [4.69, 9.17) is 4.74 Å². The number of alkyl halides is 3. The lowest BCUT2D eigenvalue weighted by atomic mass is 10.2. The molecule has 144 valence electrons. The van der Waals surface area contributed by atoms with Crippen LogP contribution in [-0.4, -0.2) is 35.8 Å². The molecule has 1 aromatic carbocycles. The van der Waals surface area contributed by atoms with E-state index in [1.807, 2.05) is 0 Å². The van der Waals surface area contributed by atoms with Crippen LogP contribution >= 0.6 is 0 Å². The molecule has 0 saturated carbocycles. The molecular formula is C16H14F3N3O4S. The van der Waals surface area contributed by atoms with Crippen LogP contribution in [-0.2, 0) is 16.7 Å². The van der Waals surface area contributed by atoms with Crippen LogP contribution in [0.25, 0.3) is 11.0 Å². The summed E-state index contributed by atoms with van der Waals surface area (Å²) in [4.78, 5) is 3.94. The van der Waals surface area contributed by atoms with Crippen molar-refractivity contribution in [1.82, 2.24) is 14.8 Å². The van der Waals surface area contributed by atoms with E-state index in [1.54, 1.807) is 31.4 Å². The Morgan fingerprint density at radius 3 is 2.44 bits per heavy atom. The molecular weight excluding hydrogens is 387 g/mol. The van der Waals surface area contributed by atoms with Crippen molar-refractivity contribution in [2.24, 2.45) is 0 Å². The standard InChI is InChI=1S/C16H14F3N3O4S/c1-10-7-12-8-20-22(9-11-3-5-13(25-2)6-4-11)14(12)21-15(10)26-27(23,24)16(17,18)19/h3-8H,9H2,1-2H3. The average molecular weight is 401 g/mol. The number of hydrogen-bond acceptors (Lipinski definition) is 6. The summed E-state index contributed by atoms with van der Waals surface area (Å²) in [5.41, 5.74) is -4.36. The third-order valence-corrected chi connectivity index (χ3v) is 4.66. The second-order valence-electron chi connectivity index (χ2n) is 5.66. The number of ether oxygens (including phenoxy) is 1. The van der Waals surface area contributed by atoms with Gasteiger partial charge in [-0.1, -0.05) is 12.1 Å². The van der Waals surface area contributed by atoms with Crippen LogP contribution in [0.1, 0.15) is 11.1 Å². The molecule has 27 heavy (non-hydrogen) atoms. The molecule has 11 heteroatoms. The van der Waals surface area contributed by atoms with Gasteiger partial charge in [-0.3, -0.25) is 0 Å². The summed E-state index contributed by atoms with van der Waals surface area (Å²) in [5.74, 6) is 0.0298. The monoisotopic (exact) mass is 401 g/mol. The van der Waals surface area contributed by atoms with E-state index in [0.29, 0.717) is 11.1 Å². The zero-order chi connectivity index (χ0) is 19.8.